The third-order valence-electron chi connectivity index (χ3n) is 3.00. The molecule has 7 heteroatoms. The van der Waals surface area contributed by atoms with Crippen molar-refractivity contribution in [1.82, 2.24) is 14.7 Å². The van der Waals surface area contributed by atoms with Crippen molar-refractivity contribution in [1.29, 1.82) is 0 Å². The van der Waals surface area contributed by atoms with Gasteiger partial charge in [-0.2, -0.15) is 4.98 Å². The number of hydrogen-bond donors (Lipinski definition) is 2. The van der Waals surface area contributed by atoms with Gasteiger partial charge in [-0.15, -0.1) is 4.73 Å². The molecule has 3 aromatic rings. The highest BCUT2D eigenvalue weighted by atomic mass is 79.9. The minimum Gasteiger partial charge on any atom is -0.422 e. The maximum absolute atomic E-state index is 11.6. The van der Waals surface area contributed by atoms with Crippen LogP contribution in [-0.2, 0) is 6.54 Å². The predicted molar refractivity (Wildman–Crippen MR) is 82.5 cm³/mol. The van der Waals surface area contributed by atoms with E-state index in [-0.39, 0.29) is 5.65 Å². The summed E-state index contributed by atoms with van der Waals surface area (Å²) in [6.07, 6.45) is 1.51. The van der Waals surface area contributed by atoms with E-state index in [1.807, 2.05) is 24.3 Å². The van der Waals surface area contributed by atoms with Gasteiger partial charge in [0.05, 0.1) is 5.39 Å². The molecule has 0 aliphatic rings. The zero-order valence-corrected chi connectivity index (χ0v) is 12.4. The molecule has 0 aliphatic carbocycles. The molecular weight excluding hydrogens is 336 g/mol. The molecule has 0 atom stereocenters. The summed E-state index contributed by atoms with van der Waals surface area (Å²) in [7, 11) is 0. The number of nitrogens with one attached hydrogen (secondary N) is 1. The van der Waals surface area contributed by atoms with Crippen molar-refractivity contribution in [2.45, 2.75) is 6.54 Å². The first-order chi connectivity index (χ1) is 10.1. The molecule has 0 radical (unpaired) electrons. The summed E-state index contributed by atoms with van der Waals surface area (Å²) in [6, 6.07) is 11.3. The SMILES string of the molecule is O=c1nc(NCc2ccc(Br)cc2)c2cccnc2n1O. The molecule has 6 nitrogen and oxygen atoms in total. The lowest BCUT2D eigenvalue weighted by Gasteiger charge is -2.09. The summed E-state index contributed by atoms with van der Waals surface area (Å²) in [5, 5.41) is 13.3. The summed E-state index contributed by atoms with van der Waals surface area (Å²) in [6.45, 7) is 0.513. The molecule has 0 amide bonds. The van der Waals surface area contributed by atoms with Gasteiger partial charge in [0, 0.05) is 17.2 Å². The van der Waals surface area contributed by atoms with Crippen molar-refractivity contribution in [3.63, 3.8) is 0 Å². The number of hydrogen-bond acceptors (Lipinski definition) is 5. The van der Waals surface area contributed by atoms with Crippen LogP contribution in [0.1, 0.15) is 5.56 Å². The van der Waals surface area contributed by atoms with Gasteiger partial charge in [-0.25, -0.2) is 9.78 Å². The second-order valence-electron chi connectivity index (χ2n) is 4.41. The summed E-state index contributed by atoms with van der Waals surface area (Å²) in [5.74, 6) is 0.399. The normalized spacial score (nSPS) is 10.7. The van der Waals surface area contributed by atoms with E-state index in [0.717, 1.165) is 10.0 Å². The van der Waals surface area contributed by atoms with Gasteiger partial charge in [0.1, 0.15) is 5.82 Å². The molecule has 0 unspecified atom stereocenters. The number of pyridine rings is 1. The van der Waals surface area contributed by atoms with Crippen molar-refractivity contribution in [3.8, 4) is 0 Å². The first kappa shape index (κ1) is 13.6. The fraction of sp³-hybridized carbons (Fsp3) is 0.0714. The van der Waals surface area contributed by atoms with Crippen LogP contribution in [0.15, 0.2) is 51.9 Å². The Morgan fingerprint density at radius 3 is 2.76 bits per heavy atom. The molecule has 106 valence electrons. The van der Waals surface area contributed by atoms with Crippen LogP contribution in [0.3, 0.4) is 0 Å². The van der Waals surface area contributed by atoms with Crippen LogP contribution in [0.2, 0.25) is 0 Å². The summed E-state index contributed by atoms with van der Waals surface area (Å²) in [4.78, 5) is 19.5. The van der Waals surface area contributed by atoms with Crippen molar-refractivity contribution < 1.29 is 5.21 Å². The average Bonchev–Trinajstić information content (AvgIpc) is 2.51. The van der Waals surface area contributed by atoms with E-state index in [4.69, 9.17) is 0 Å². The molecule has 3 rings (SSSR count). The number of nitrogens with zero attached hydrogens (tertiary/aromatic N) is 3. The van der Waals surface area contributed by atoms with E-state index in [1.165, 1.54) is 6.20 Å². The number of fused-ring (bicyclic) bond motifs is 1. The number of anilines is 1. The maximum Gasteiger partial charge on any atom is 0.384 e. The minimum atomic E-state index is -0.764. The number of aromatic nitrogens is 3. The molecule has 21 heavy (non-hydrogen) atoms. The zero-order chi connectivity index (χ0) is 14.8. The Bertz CT molecular complexity index is 846. The Hall–Kier alpha value is -2.41. The van der Waals surface area contributed by atoms with Crippen LogP contribution in [-0.4, -0.2) is 19.9 Å². The molecule has 0 bridgehead atoms. The lowest BCUT2D eigenvalue weighted by atomic mass is 10.2. The molecule has 0 aliphatic heterocycles. The van der Waals surface area contributed by atoms with Crippen LogP contribution in [0.25, 0.3) is 11.0 Å². The van der Waals surface area contributed by atoms with Crippen LogP contribution >= 0.6 is 15.9 Å². The molecular formula is C14H11BrN4O2. The van der Waals surface area contributed by atoms with Crippen molar-refractivity contribution in [3.05, 3.63) is 63.1 Å². The van der Waals surface area contributed by atoms with Gasteiger partial charge in [-0.05, 0) is 29.8 Å². The highest BCUT2D eigenvalue weighted by Gasteiger charge is 2.10. The van der Waals surface area contributed by atoms with E-state index in [0.29, 0.717) is 22.5 Å². The van der Waals surface area contributed by atoms with Crippen molar-refractivity contribution >= 4 is 32.8 Å². The quantitative estimate of drug-likeness (QED) is 0.712. The lowest BCUT2D eigenvalue weighted by molar-refractivity contribution is 0.182. The van der Waals surface area contributed by atoms with Crippen LogP contribution in [0, 0.1) is 0 Å². The minimum absolute atomic E-state index is 0.177. The average molecular weight is 347 g/mol. The number of halogens is 1. The third-order valence-corrected chi connectivity index (χ3v) is 3.53. The standard InChI is InChI=1S/C14H11BrN4O2/c15-10-5-3-9(4-6-10)8-17-12-11-2-1-7-16-13(11)19(21)14(20)18-12/h1-7,21H,8H2,(H,17,18,20). The van der Waals surface area contributed by atoms with Crippen molar-refractivity contribution in [2.24, 2.45) is 0 Å². The predicted octanol–water partition coefficient (Wildman–Crippen LogP) is 2.40. The largest absolute Gasteiger partial charge is 0.422 e. The monoisotopic (exact) mass is 346 g/mol. The van der Waals surface area contributed by atoms with E-state index in [1.54, 1.807) is 12.1 Å². The highest BCUT2D eigenvalue weighted by molar-refractivity contribution is 9.10. The van der Waals surface area contributed by atoms with Crippen LogP contribution in [0.5, 0.6) is 0 Å². The van der Waals surface area contributed by atoms with Gasteiger partial charge in [-0.3, -0.25) is 0 Å². The van der Waals surface area contributed by atoms with E-state index in [2.05, 4.69) is 31.2 Å². The van der Waals surface area contributed by atoms with Gasteiger partial charge in [-0.1, -0.05) is 28.1 Å². The third kappa shape index (κ3) is 2.73. The van der Waals surface area contributed by atoms with Gasteiger partial charge in [0.25, 0.3) is 0 Å². The first-order valence-corrected chi connectivity index (χ1v) is 7.00. The van der Waals surface area contributed by atoms with Gasteiger partial charge in [0.15, 0.2) is 5.65 Å². The lowest BCUT2D eigenvalue weighted by Crippen LogP contribution is -2.23. The molecule has 2 aromatic heterocycles. The van der Waals surface area contributed by atoms with Crippen molar-refractivity contribution in [2.75, 3.05) is 5.32 Å². The second kappa shape index (κ2) is 5.53. The maximum atomic E-state index is 11.6. The Morgan fingerprint density at radius 1 is 1.24 bits per heavy atom. The van der Waals surface area contributed by atoms with E-state index >= 15 is 0 Å². The van der Waals surface area contributed by atoms with E-state index < -0.39 is 5.69 Å². The molecule has 2 heterocycles. The molecule has 1 aromatic carbocycles. The molecule has 0 saturated carbocycles. The molecule has 0 fully saturated rings. The Balaban J connectivity index is 1.95. The second-order valence-corrected chi connectivity index (χ2v) is 5.33. The fourth-order valence-electron chi connectivity index (χ4n) is 1.97. The Labute approximate surface area is 128 Å². The molecule has 0 spiro atoms. The smallest absolute Gasteiger partial charge is 0.384 e. The zero-order valence-electron chi connectivity index (χ0n) is 10.8. The summed E-state index contributed by atoms with van der Waals surface area (Å²) >= 11 is 3.38. The van der Waals surface area contributed by atoms with E-state index in [9.17, 15) is 10.0 Å². The Kier molecular flexibility index (Phi) is 3.57. The summed E-state index contributed by atoms with van der Waals surface area (Å²) in [5.41, 5.74) is 0.459. The molecule has 2 N–H and O–H groups in total. The highest BCUT2D eigenvalue weighted by Crippen LogP contribution is 2.18. The molecule has 0 saturated heterocycles. The van der Waals surface area contributed by atoms with Gasteiger partial charge < -0.3 is 10.5 Å². The fourth-order valence-corrected chi connectivity index (χ4v) is 2.23. The first-order valence-electron chi connectivity index (χ1n) is 6.20. The number of rotatable bonds is 3. The topological polar surface area (TPSA) is 80.0 Å². The van der Waals surface area contributed by atoms with Crippen LogP contribution in [0.4, 0.5) is 5.82 Å². The number of benzene rings is 1. The van der Waals surface area contributed by atoms with Gasteiger partial charge >= 0.3 is 5.69 Å². The van der Waals surface area contributed by atoms with Crippen LogP contribution < -0.4 is 11.0 Å². The van der Waals surface area contributed by atoms with Gasteiger partial charge in [0.2, 0.25) is 0 Å². The summed E-state index contributed by atoms with van der Waals surface area (Å²) < 4.78 is 1.45. The Morgan fingerprint density at radius 2 is 2.00 bits per heavy atom.